The Morgan fingerprint density at radius 2 is 2.20 bits per heavy atom. The zero-order valence-corrected chi connectivity index (χ0v) is 16.8. The predicted octanol–water partition coefficient (Wildman–Crippen LogP) is 2.50. The van der Waals surface area contributed by atoms with Crippen LogP contribution in [0, 0.1) is 6.92 Å². The van der Waals surface area contributed by atoms with Gasteiger partial charge in [-0.25, -0.2) is 4.98 Å². The van der Waals surface area contributed by atoms with E-state index in [4.69, 9.17) is 10.2 Å². The Morgan fingerprint density at radius 3 is 3.00 bits per heavy atom. The van der Waals surface area contributed by atoms with Crippen molar-refractivity contribution in [1.29, 1.82) is 0 Å². The summed E-state index contributed by atoms with van der Waals surface area (Å²) in [4.78, 5) is 30.2. The van der Waals surface area contributed by atoms with Crippen LogP contribution in [0.25, 0.3) is 17.0 Å². The fourth-order valence-electron chi connectivity index (χ4n) is 3.29. The number of fused-ring (bicyclic) bond motifs is 2. The number of carbonyl (C=O) groups is 2. The molecule has 8 heteroatoms. The first-order valence-corrected chi connectivity index (χ1v) is 9.63. The zero-order valence-electron chi connectivity index (χ0n) is 16.8. The van der Waals surface area contributed by atoms with Crippen LogP contribution < -0.4 is 16.4 Å². The monoisotopic (exact) mass is 405 g/mol. The van der Waals surface area contributed by atoms with Crippen molar-refractivity contribution in [2.45, 2.75) is 19.5 Å². The molecule has 0 fully saturated rings. The van der Waals surface area contributed by atoms with E-state index in [1.165, 1.54) is 6.08 Å². The van der Waals surface area contributed by atoms with Crippen molar-refractivity contribution in [3.63, 3.8) is 0 Å². The van der Waals surface area contributed by atoms with Crippen molar-refractivity contribution in [2.24, 2.45) is 5.73 Å². The number of nitrogens with zero attached hydrogens (tertiary/aromatic N) is 2. The zero-order chi connectivity index (χ0) is 21.3. The molecule has 0 radical (unpaired) electrons. The number of amides is 2. The number of furan rings is 1. The molecule has 8 nitrogen and oxygen atoms in total. The second-order valence-corrected chi connectivity index (χ2v) is 7.32. The normalized spacial score (nSPS) is 16.1. The Morgan fingerprint density at radius 1 is 1.40 bits per heavy atom. The van der Waals surface area contributed by atoms with Gasteiger partial charge in [0.1, 0.15) is 17.4 Å². The van der Waals surface area contributed by atoms with E-state index in [-0.39, 0.29) is 11.8 Å². The largest absolute Gasteiger partial charge is 0.459 e. The van der Waals surface area contributed by atoms with Crippen molar-refractivity contribution in [2.75, 3.05) is 24.2 Å². The molecule has 2 amide bonds. The minimum atomic E-state index is -0.643. The molecular weight excluding hydrogens is 382 g/mol. The molecule has 0 saturated carbocycles. The molecule has 3 aromatic rings. The van der Waals surface area contributed by atoms with Crippen LogP contribution in [-0.2, 0) is 16.1 Å². The summed E-state index contributed by atoms with van der Waals surface area (Å²) in [6, 6.07) is 8.99. The highest BCUT2D eigenvalue weighted by molar-refractivity contribution is 5.98. The SMILES string of the molecule is Cc1c(CN(C)C(=O)/C=C/c2cnc3c(c2)NC[C@@H](N)C(=O)N3)oc2ccccc12. The van der Waals surface area contributed by atoms with Gasteiger partial charge in [-0.15, -0.1) is 0 Å². The lowest BCUT2D eigenvalue weighted by atomic mass is 10.1. The molecule has 0 saturated heterocycles. The van der Waals surface area contributed by atoms with Gasteiger partial charge in [-0.05, 0) is 30.7 Å². The molecule has 1 aromatic carbocycles. The summed E-state index contributed by atoms with van der Waals surface area (Å²) in [5.74, 6) is 0.750. The fraction of sp³-hybridized carbons (Fsp3) is 0.227. The molecule has 0 spiro atoms. The van der Waals surface area contributed by atoms with Crippen LogP contribution in [0.1, 0.15) is 16.9 Å². The average molecular weight is 405 g/mol. The molecule has 1 aliphatic rings. The van der Waals surface area contributed by atoms with E-state index >= 15 is 0 Å². The summed E-state index contributed by atoms with van der Waals surface area (Å²) in [7, 11) is 1.73. The molecule has 4 rings (SSSR count). The third-order valence-electron chi connectivity index (χ3n) is 5.12. The quantitative estimate of drug-likeness (QED) is 0.575. The van der Waals surface area contributed by atoms with Gasteiger partial charge in [0.15, 0.2) is 5.82 Å². The number of rotatable bonds is 4. The van der Waals surface area contributed by atoms with Crippen LogP contribution in [0.4, 0.5) is 11.5 Å². The van der Waals surface area contributed by atoms with E-state index in [0.717, 1.165) is 27.9 Å². The van der Waals surface area contributed by atoms with E-state index < -0.39 is 6.04 Å². The van der Waals surface area contributed by atoms with Crippen LogP contribution in [-0.4, -0.2) is 41.3 Å². The van der Waals surface area contributed by atoms with Gasteiger partial charge >= 0.3 is 0 Å². The lowest BCUT2D eigenvalue weighted by molar-refractivity contribution is -0.125. The molecule has 30 heavy (non-hydrogen) atoms. The number of pyridine rings is 1. The van der Waals surface area contributed by atoms with Crippen molar-refractivity contribution in [3.8, 4) is 0 Å². The van der Waals surface area contributed by atoms with Gasteiger partial charge in [0.2, 0.25) is 11.8 Å². The topological polar surface area (TPSA) is 113 Å². The highest BCUT2D eigenvalue weighted by Crippen LogP contribution is 2.26. The van der Waals surface area contributed by atoms with Crippen molar-refractivity contribution in [1.82, 2.24) is 9.88 Å². The Balaban J connectivity index is 1.45. The van der Waals surface area contributed by atoms with Crippen molar-refractivity contribution >= 4 is 40.4 Å². The van der Waals surface area contributed by atoms with Crippen LogP contribution in [0.2, 0.25) is 0 Å². The number of aromatic nitrogens is 1. The van der Waals surface area contributed by atoms with Gasteiger partial charge in [-0.1, -0.05) is 18.2 Å². The maximum absolute atomic E-state index is 12.6. The van der Waals surface area contributed by atoms with Crippen LogP contribution in [0.3, 0.4) is 0 Å². The Hall–Kier alpha value is -3.65. The molecule has 3 heterocycles. The predicted molar refractivity (Wildman–Crippen MR) is 116 cm³/mol. The summed E-state index contributed by atoms with van der Waals surface area (Å²) in [6.07, 6.45) is 4.76. The number of para-hydroxylation sites is 1. The number of likely N-dealkylation sites (N-methyl/N-ethyl adjacent to an activating group) is 1. The smallest absolute Gasteiger partial charge is 0.246 e. The van der Waals surface area contributed by atoms with E-state index in [9.17, 15) is 9.59 Å². The van der Waals surface area contributed by atoms with Gasteiger partial charge in [-0.2, -0.15) is 0 Å². The Kier molecular flexibility index (Phi) is 5.24. The second-order valence-electron chi connectivity index (χ2n) is 7.32. The van der Waals surface area contributed by atoms with E-state index in [1.54, 1.807) is 24.2 Å². The third kappa shape index (κ3) is 3.90. The maximum atomic E-state index is 12.6. The number of aryl methyl sites for hydroxylation is 1. The minimum absolute atomic E-state index is 0.159. The molecule has 2 aromatic heterocycles. The number of hydrogen-bond donors (Lipinski definition) is 3. The summed E-state index contributed by atoms with van der Waals surface area (Å²) < 4.78 is 5.89. The molecule has 0 aliphatic carbocycles. The molecule has 154 valence electrons. The van der Waals surface area contributed by atoms with Crippen LogP contribution in [0.15, 0.2) is 47.0 Å². The number of anilines is 2. The third-order valence-corrected chi connectivity index (χ3v) is 5.12. The van der Waals surface area contributed by atoms with E-state index in [0.29, 0.717) is 24.6 Å². The highest BCUT2D eigenvalue weighted by atomic mass is 16.3. The number of hydrogen-bond acceptors (Lipinski definition) is 6. The standard InChI is InChI=1S/C22H23N5O3/c1-13-15-5-3-4-6-18(15)30-19(13)12-27(2)20(28)8-7-14-9-17-21(25-10-14)26-22(29)16(23)11-24-17/h3-10,16,24H,11-12,23H2,1-2H3,(H,25,26,29)/b8-7+/t16-/m1/s1. The average Bonchev–Trinajstić information content (AvgIpc) is 2.98. The first-order valence-electron chi connectivity index (χ1n) is 9.63. The van der Waals surface area contributed by atoms with Crippen molar-refractivity contribution < 1.29 is 14.0 Å². The lowest BCUT2D eigenvalue weighted by Gasteiger charge is -2.14. The molecule has 1 aliphatic heterocycles. The van der Waals surface area contributed by atoms with Crippen LogP contribution >= 0.6 is 0 Å². The molecule has 4 N–H and O–H groups in total. The molecule has 0 unspecified atom stereocenters. The second kappa shape index (κ2) is 8.00. The van der Waals surface area contributed by atoms with Gasteiger partial charge in [0.05, 0.1) is 12.2 Å². The number of nitrogens with one attached hydrogen (secondary N) is 2. The Labute approximate surface area is 173 Å². The first kappa shape index (κ1) is 19.7. The summed E-state index contributed by atoms with van der Waals surface area (Å²) in [5, 5.41) is 6.83. The molecule has 1 atom stereocenters. The van der Waals surface area contributed by atoms with Gasteiger partial charge in [-0.3, -0.25) is 9.59 Å². The van der Waals surface area contributed by atoms with Crippen LogP contribution in [0.5, 0.6) is 0 Å². The van der Waals surface area contributed by atoms with Gasteiger partial charge < -0.3 is 25.7 Å². The number of carbonyl (C=O) groups excluding carboxylic acids is 2. The fourth-order valence-corrected chi connectivity index (χ4v) is 3.29. The number of nitrogens with two attached hydrogens (primary N) is 1. The molecule has 0 bridgehead atoms. The van der Waals surface area contributed by atoms with E-state index in [2.05, 4.69) is 15.6 Å². The summed E-state index contributed by atoms with van der Waals surface area (Å²) >= 11 is 0. The summed E-state index contributed by atoms with van der Waals surface area (Å²) in [5.41, 5.74) is 9.00. The lowest BCUT2D eigenvalue weighted by Crippen LogP contribution is -2.39. The van der Waals surface area contributed by atoms with Gasteiger partial charge in [0, 0.05) is 36.8 Å². The minimum Gasteiger partial charge on any atom is -0.459 e. The first-order chi connectivity index (χ1) is 14.4. The number of benzene rings is 1. The van der Waals surface area contributed by atoms with E-state index in [1.807, 2.05) is 37.3 Å². The maximum Gasteiger partial charge on any atom is 0.246 e. The summed E-state index contributed by atoms with van der Waals surface area (Å²) in [6.45, 7) is 2.68. The molecular formula is C22H23N5O3. The van der Waals surface area contributed by atoms with Crippen molar-refractivity contribution in [3.05, 3.63) is 59.5 Å². The Bertz CT molecular complexity index is 1150. The van der Waals surface area contributed by atoms with Gasteiger partial charge in [0.25, 0.3) is 0 Å². The highest BCUT2D eigenvalue weighted by Gasteiger charge is 2.20.